The van der Waals surface area contributed by atoms with Gasteiger partial charge in [0.15, 0.2) is 0 Å². The Morgan fingerprint density at radius 3 is 3.05 bits per heavy atom. The first kappa shape index (κ1) is 13.8. The Morgan fingerprint density at radius 1 is 1.50 bits per heavy atom. The van der Waals surface area contributed by atoms with Gasteiger partial charge in [-0.3, -0.25) is 0 Å². The lowest BCUT2D eigenvalue weighted by atomic mass is 10.1. The summed E-state index contributed by atoms with van der Waals surface area (Å²) in [4.78, 5) is 6.76. The molecule has 2 aromatic rings. The fourth-order valence-corrected chi connectivity index (χ4v) is 3.35. The summed E-state index contributed by atoms with van der Waals surface area (Å²) < 4.78 is 16.2. The molecule has 108 valence electrons. The normalized spacial score (nSPS) is 20.6. The van der Waals surface area contributed by atoms with Crippen LogP contribution in [0.25, 0.3) is 11.0 Å². The first-order valence-corrected chi connectivity index (χ1v) is 7.74. The molecule has 20 heavy (non-hydrogen) atoms. The lowest BCUT2D eigenvalue weighted by molar-refractivity contribution is 0.188. The number of imidazole rings is 1. The van der Waals surface area contributed by atoms with E-state index in [1.54, 1.807) is 6.07 Å². The van der Waals surface area contributed by atoms with Crippen molar-refractivity contribution in [2.24, 2.45) is 0 Å². The Bertz CT molecular complexity index is 640. The SMILES string of the molecule is CCN1CCCC(n2c(N)nc3cc(Br)c(F)cc32)C1. The number of aromatic nitrogens is 2. The topological polar surface area (TPSA) is 47.1 Å². The van der Waals surface area contributed by atoms with Gasteiger partial charge in [-0.15, -0.1) is 0 Å². The molecule has 0 saturated carbocycles. The summed E-state index contributed by atoms with van der Waals surface area (Å²) in [5.74, 6) is 0.197. The molecular formula is C14H18BrFN4. The van der Waals surface area contributed by atoms with E-state index in [0.29, 0.717) is 10.4 Å². The van der Waals surface area contributed by atoms with E-state index in [9.17, 15) is 4.39 Å². The van der Waals surface area contributed by atoms with Crippen LogP contribution in [0.2, 0.25) is 0 Å². The van der Waals surface area contributed by atoms with E-state index in [1.807, 2.05) is 4.57 Å². The number of anilines is 1. The molecule has 0 aliphatic carbocycles. The third-order valence-electron chi connectivity index (χ3n) is 4.05. The Labute approximate surface area is 125 Å². The molecule has 2 heterocycles. The summed E-state index contributed by atoms with van der Waals surface area (Å²) in [7, 11) is 0. The van der Waals surface area contributed by atoms with Crippen molar-refractivity contribution in [3.05, 3.63) is 22.4 Å². The molecule has 0 bridgehead atoms. The second-order valence-corrected chi connectivity index (χ2v) is 6.14. The first-order valence-electron chi connectivity index (χ1n) is 6.95. The molecule has 1 aromatic heterocycles. The zero-order chi connectivity index (χ0) is 14.3. The minimum absolute atomic E-state index is 0.272. The highest BCUT2D eigenvalue weighted by Gasteiger charge is 2.24. The molecule has 1 saturated heterocycles. The number of hydrogen-bond acceptors (Lipinski definition) is 3. The number of piperidine rings is 1. The monoisotopic (exact) mass is 340 g/mol. The quantitative estimate of drug-likeness (QED) is 0.913. The highest BCUT2D eigenvalue weighted by molar-refractivity contribution is 9.10. The van der Waals surface area contributed by atoms with Crippen molar-refractivity contribution >= 4 is 32.9 Å². The lowest BCUT2D eigenvalue weighted by Gasteiger charge is -2.33. The second kappa shape index (κ2) is 5.33. The Hall–Kier alpha value is -1.14. The molecule has 1 aliphatic heterocycles. The maximum Gasteiger partial charge on any atom is 0.201 e. The zero-order valence-corrected chi connectivity index (χ0v) is 13.0. The van der Waals surface area contributed by atoms with Crippen LogP contribution in [0.15, 0.2) is 16.6 Å². The Balaban J connectivity index is 2.06. The van der Waals surface area contributed by atoms with Crippen LogP contribution in [0.1, 0.15) is 25.8 Å². The van der Waals surface area contributed by atoms with Gasteiger partial charge in [-0.25, -0.2) is 9.37 Å². The summed E-state index contributed by atoms with van der Waals surface area (Å²) in [5.41, 5.74) is 7.59. The van der Waals surface area contributed by atoms with Crippen molar-refractivity contribution in [1.29, 1.82) is 0 Å². The van der Waals surface area contributed by atoms with Crippen molar-refractivity contribution in [2.45, 2.75) is 25.8 Å². The molecule has 1 atom stereocenters. The molecule has 1 unspecified atom stereocenters. The molecule has 1 aliphatic rings. The Morgan fingerprint density at radius 2 is 2.30 bits per heavy atom. The van der Waals surface area contributed by atoms with Gasteiger partial charge >= 0.3 is 0 Å². The van der Waals surface area contributed by atoms with E-state index in [4.69, 9.17) is 5.73 Å². The molecule has 0 radical (unpaired) electrons. The van der Waals surface area contributed by atoms with Gasteiger partial charge in [0, 0.05) is 18.7 Å². The Kier molecular flexibility index (Phi) is 3.69. The second-order valence-electron chi connectivity index (χ2n) is 5.28. The summed E-state index contributed by atoms with van der Waals surface area (Å²) in [5, 5.41) is 0. The molecule has 3 rings (SSSR count). The largest absolute Gasteiger partial charge is 0.369 e. The summed E-state index contributed by atoms with van der Waals surface area (Å²) >= 11 is 3.19. The molecule has 1 aromatic carbocycles. The number of hydrogen-bond donors (Lipinski definition) is 1. The van der Waals surface area contributed by atoms with Gasteiger partial charge < -0.3 is 15.2 Å². The molecule has 4 nitrogen and oxygen atoms in total. The minimum atomic E-state index is -0.276. The number of fused-ring (bicyclic) bond motifs is 1. The molecule has 0 amide bonds. The van der Waals surface area contributed by atoms with Crippen LogP contribution in [0.5, 0.6) is 0 Å². The zero-order valence-electron chi connectivity index (χ0n) is 11.4. The van der Waals surface area contributed by atoms with Gasteiger partial charge in [-0.05, 0) is 47.9 Å². The number of likely N-dealkylation sites (tertiary alicyclic amines) is 1. The van der Waals surface area contributed by atoms with Crippen molar-refractivity contribution in [3.63, 3.8) is 0 Å². The first-order chi connectivity index (χ1) is 9.60. The van der Waals surface area contributed by atoms with E-state index in [0.717, 1.165) is 43.5 Å². The predicted molar refractivity (Wildman–Crippen MR) is 82.2 cm³/mol. The predicted octanol–water partition coefficient (Wildman–Crippen LogP) is 3.18. The number of nitrogens with zero attached hydrogens (tertiary/aromatic N) is 3. The molecule has 6 heteroatoms. The molecule has 1 fully saturated rings. The molecule has 2 N–H and O–H groups in total. The highest BCUT2D eigenvalue weighted by atomic mass is 79.9. The average molecular weight is 341 g/mol. The van der Waals surface area contributed by atoms with Crippen LogP contribution < -0.4 is 5.73 Å². The van der Waals surface area contributed by atoms with Crippen LogP contribution in [0, 0.1) is 5.82 Å². The molecular weight excluding hydrogens is 323 g/mol. The number of halogens is 2. The van der Waals surface area contributed by atoms with Gasteiger partial charge in [-0.2, -0.15) is 0 Å². The third kappa shape index (κ3) is 2.31. The summed E-state index contributed by atoms with van der Waals surface area (Å²) in [6.45, 7) is 5.26. The van der Waals surface area contributed by atoms with E-state index in [1.165, 1.54) is 6.07 Å². The van der Waals surface area contributed by atoms with E-state index in [2.05, 4.69) is 32.7 Å². The summed E-state index contributed by atoms with van der Waals surface area (Å²) in [6, 6.07) is 3.49. The van der Waals surface area contributed by atoms with E-state index < -0.39 is 0 Å². The fraction of sp³-hybridized carbons (Fsp3) is 0.500. The third-order valence-corrected chi connectivity index (χ3v) is 4.66. The van der Waals surface area contributed by atoms with Gasteiger partial charge in [0.2, 0.25) is 5.95 Å². The standard InChI is InChI=1S/C14H18BrFN4/c1-2-19-5-3-4-9(8-19)20-13-7-11(16)10(15)6-12(13)18-14(20)17/h6-7,9H,2-5,8H2,1H3,(H2,17,18). The van der Waals surface area contributed by atoms with Crippen LogP contribution in [-0.2, 0) is 0 Å². The van der Waals surface area contributed by atoms with Crippen LogP contribution in [0.4, 0.5) is 10.3 Å². The lowest BCUT2D eigenvalue weighted by Crippen LogP contribution is -2.36. The number of nitrogens with two attached hydrogens (primary N) is 1. The van der Waals surface area contributed by atoms with Crippen LogP contribution >= 0.6 is 15.9 Å². The maximum atomic E-state index is 13.8. The van der Waals surface area contributed by atoms with E-state index >= 15 is 0 Å². The highest BCUT2D eigenvalue weighted by Crippen LogP contribution is 2.31. The van der Waals surface area contributed by atoms with Crippen molar-refractivity contribution < 1.29 is 4.39 Å². The molecule has 0 spiro atoms. The van der Waals surface area contributed by atoms with E-state index in [-0.39, 0.29) is 11.9 Å². The maximum absolute atomic E-state index is 13.8. The number of nitrogen functional groups attached to an aromatic ring is 1. The van der Waals surface area contributed by atoms with Crippen LogP contribution in [0.3, 0.4) is 0 Å². The number of benzene rings is 1. The van der Waals surface area contributed by atoms with Crippen molar-refractivity contribution in [2.75, 3.05) is 25.4 Å². The van der Waals surface area contributed by atoms with Crippen molar-refractivity contribution in [3.8, 4) is 0 Å². The van der Waals surface area contributed by atoms with Gasteiger partial charge in [-0.1, -0.05) is 6.92 Å². The van der Waals surface area contributed by atoms with Gasteiger partial charge in [0.05, 0.1) is 15.5 Å². The average Bonchev–Trinajstić information content (AvgIpc) is 2.74. The van der Waals surface area contributed by atoms with Crippen LogP contribution in [-0.4, -0.2) is 34.1 Å². The smallest absolute Gasteiger partial charge is 0.201 e. The van der Waals surface area contributed by atoms with Gasteiger partial charge in [0.1, 0.15) is 5.82 Å². The van der Waals surface area contributed by atoms with Crippen molar-refractivity contribution in [1.82, 2.24) is 14.5 Å². The summed E-state index contributed by atoms with van der Waals surface area (Å²) in [6.07, 6.45) is 2.19. The minimum Gasteiger partial charge on any atom is -0.369 e. The van der Waals surface area contributed by atoms with Gasteiger partial charge in [0.25, 0.3) is 0 Å². The number of likely N-dealkylation sites (N-methyl/N-ethyl adjacent to an activating group) is 1. The fourth-order valence-electron chi connectivity index (χ4n) is 3.02. The number of rotatable bonds is 2.